The molecular weight excluding hydrogens is 226 g/mol. The molecule has 1 aliphatic carbocycles. The summed E-state index contributed by atoms with van der Waals surface area (Å²) in [6.45, 7) is 3.60. The van der Waals surface area contributed by atoms with Crippen molar-refractivity contribution >= 4 is 0 Å². The van der Waals surface area contributed by atoms with Crippen molar-refractivity contribution in [3.8, 4) is 5.75 Å². The van der Waals surface area contributed by atoms with E-state index < -0.39 is 5.60 Å². The monoisotopic (exact) mass is 249 g/mol. The van der Waals surface area contributed by atoms with Gasteiger partial charge in [-0.25, -0.2) is 0 Å². The summed E-state index contributed by atoms with van der Waals surface area (Å²) in [5, 5.41) is 23.0. The maximum Gasteiger partial charge on any atom is 0.115 e. The summed E-state index contributed by atoms with van der Waals surface area (Å²) in [5.74, 6) is 0.915. The second-order valence-electron chi connectivity index (χ2n) is 5.70. The van der Waals surface area contributed by atoms with Gasteiger partial charge in [-0.3, -0.25) is 0 Å². The minimum Gasteiger partial charge on any atom is -0.508 e. The molecule has 2 unspecified atom stereocenters. The molecule has 0 aliphatic heterocycles. The normalized spacial score (nSPS) is 28.2. The van der Waals surface area contributed by atoms with E-state index in [1.54, 1.807) is 12.1 Å². The third-order valence-electron chi connectivity index (χ3n) is 3.79. The molecular formula is C15H23NO2. The van der Waals surface area contributed by atoms with Crippen molar-refractivity contribution in [1.82, 2.24) is 5.32 Å². The first kappa shape index (κ1) is 13.4. The minimum atomic E-state index is -0.533. The highest BCUT2D eigenvalue weighted by molar-refractivity contribution is 5.25. The Balaban J connectivity index is 1.79. The van der Waals surface area contributed by atoms with E-state index in [1.807, 2.05) is 12.1 Å². The summed E-state index contributed by atoms with van der Waals surface area (Å²) in [6.07, 6.45) is 4.16. The van der Waals surface area contributed by atoms with Crippen LogP contribution in [-0.2, 0) is 6.54 Å². The summed E-state index contributed by atoms with van der Waals surface area (Å²) >= 11 is 0. The molecule has 2 rings (SSSR count). The second-order valence-corrected chi connectivity index (χ2v) is 5.70. The van der Waals surface area contributed by atoms with Crippen LogP contribution in [0.5, 0.6) is 5.75 Å². The summed E-state index contributed by atoms with van der Waals surface area (Å²) in [7, 11) is 0. The molecule has 1 fully saturated rings. The molecule has 100 valence electrons. The molecule has 3 nitrogen and oxygen atoms in total. The maximum absolute atomic E-state index is 10.5. The molecule has 2 atom stereocenters. The topological polar surface area (TPSA) is 52.5 Å². The Kier molecular flexibility index (Phi) is 4.25. The van der Waals surface area contributed by atoms with Gasteiger partial charge in [-0.15, -0.1) is 0 Å². The number of rotatable bonds is 4. The first-order valence-corrected chi connectivity index (χ1v) is 6.78. The van der Waals surface area contributed by atoms with Crippen molar-refractivity contribution in [2.45, 2.75) is 44.8 Å². The molecule has 0 amide bonds. The van der Waals surface area contributed by atoms with Crippen molar-refractivity contribution in [3.05, 3.63) is 29.8 Å². The molecule has 0 saturated heterocycles. The zero-order chi connectivity index (χ0) is 13.0. The summed E-state index contributed by atoms with van der Waals surface area (Å²) < 4.78 is 0. The third-order valence-corrected chi connectivity index (χ3v) is 3.79. The van der Waals surface area contributed by atoms with Crippen LogP contribution in [0.25, 0.3) is 0 Å². The number of aromatic hydroxyl groups is 1. The fourth-order valence-electron chi connectivity index (χ4n) is 2.85. The molecule has 0 radical (unpaired) electrons. The molecule has 18 heavy (non-hydrogen) atoms. The lowest BCUT2D eigenvalue weighted by Gasteiger charge is -2.35. The van der Waals surface area contributed by atoms with Crippen LogP contribution in [0, 0.1) is 5.92 Å². The summed E-state index contributed by atoms with van der Waals surface area (Å²) in [5.41, 5.74) is 0.592. The molecule has 1 aromatic rings. The number of hydrogen-bond acceptors (Lipinski definition) is 3. The minimum absolute atomic E-state index is 0.290. The molecule has 0 aromatic heterocycles. The molecule has 3 N–H and O–H groups in total. The molecule has 0 bridgehead atoms. The van der Waals surface area contributed by atoms with Gasteiger partial charge in [0.25, 0.3) is 0 Å². The highest BCUT2D eigenvalue weighted by Crippen LogP contribution is 2.31. The van der Waals surface area contributed by atoms with Crippen molar-refractivity contribution in [3.63, 3.8) is 0 Å². The lowest BCUT2D eigenvalue weighted by atomic mass is 9.79. The maximum atomic E-state index is 10.5. The average Bonchev–Trinajstić information content (AvgIpc) is 2.31. The number of nitrogens with one attached hydrogen (secondary N) is 1. The van der Waals surface area contributed by atoms with Crippen molar-refractivity contribution < 1.29 is 10.2 Å². The van der Waals surface area contributed by atoms with E-state index in [4.69, 9.17) is 0 Å². The molecule has 0 spiro atoms. The van der Waals surface area contributed by atoms with E-state index in [2.05, 4.69) is 12.2 Å². The Morgan fingerprint density at radius 1 is 1.33 bits per heavy atom. The zero-order valence-electron chi connectivity index (χ0n) is 11.0. The van der Waals surface area contributed by atoms with Gasteiger partial charge in [-0.1, -0.05) is 31.9 Å². The second kappa shape index (κ2) is 5.72. The SMILES string of the molecule is CC1CCCC(O)(CNCc2ccc(O)cc2)C1. The van der Waals surface area contributed by atoms with Crippen LogP contribution in [0.4, 0.5) is 0 Å². The van der Waals surface area contributed by atoms with Crippen molar-refractivity contribution in [2.75, 3.05) is 6.54 Å². The van der Waals surface area contributed by atoms with Gasteiger partial charge in [0, 0.05) is 13.1 Å². The number of benzene rings is 1. The van der Waals surface area contributed by atoms with Gasteiger partial charge in [0.2, 0.25) is 0 Å². The van der Waals surface area contributed by atoms with Crippen LogP contribution in [0.15, 0.2) is 24.3 Å². The quantitative estimate of drug-likeness (QED) is 0.768. The molecule has 0 heterocycles. The summed E-state index contributed by atoms with van der Waals surface area (Å²) in [4.78, 5) is 0. The van der Waals surface area contributed by atoms with Crippen molar-refractivity contribution in [1.29, 1.82) is 0 Å². The van der Waals surface area contributed by atoms with Gasteiger partial charge >= 0.3 is 0 Å². The Morgan fingerprint density at radius 3 is 2.72 bits per heavy atom. The molecule has 1 aliphatic rings. The molecule has 3 heteroatoms. The van der Waals surface area contributed by atoms with Gasteiger partial charge in [-0.05, 0) is 36.5 Å². The van der Waals surface area contributed by atoms with Gasteiger partial charge in [0.1, 0.15) is 5.75 Å². The third kappa shape index (κ3) is 3.72. The van der Waals surface area contributed by atoms with Crippen molar-refractivity contribution in [2.24, 2.45) is 5.92 Å². The van der Waals surface area contributed by atoms with Crippen LogP contribution in [0.3, 0.4) is 0 Å². The number of hydrogen-bond donors (Lipinski definition) is 3. The van der Waals surface area contributed by atoms with E-state index >= 15 is 0 Å². The van der Waals surface area contributed by atoms with Gasteiger partial charge < -0.3 is 15.5 Å². The van der Waals surface area contributed by atoms with Crippen LogP contribution in [0.1, 0.15) is 38.2 Å². The molecule has 1 saturated carbocycles. The number of aliphatic hydroxyl groups is 1. The van der Waals surface area contributed by atoms with E-state index in [0.717, 1.165) is 31.4 Å². The Labute approximate surface area is 109 Å². The van der Waals surface area contributed by atoms with E-state index in [9.17, 15) is 10.2 Å². The van der Waals surface area contributed by atoms with E-state index in [-0.39, 0.29) is 0 Å². The van der Waals surface area contributed by atoms with E-state index in [1.165, 1.54) is 6.42 Å². The first-order valence-electron chi connectivity index (χ1n) is 6.78. The fourth-order valence-corrected chi connectivity index (χ4v) is 2.85. The average molecular weight is 249 g/mol. The predicted molar refractivity (Wildman–Crippen MR) is 72.4 cm³/mol. The summed E-state index contributed by atoms with van der Waals surface area (Å²) in [6, 6.07) is 7.18. The lowest BCUT2D eigenvalue weighted by molar-refractivity contribution is -0.0119. The van der Waals surface area contributed by atoms with Gasteiger partial charge in [-0.2, -0.15) is 0 Å². The van der Waals surface area contributed by atoms with Gasteiger partial charge in [0.05, 0.1) is 5.60 Å². The number of phenols is 1. The van der Waals surface area contributed by atoms with Crippen LogP contribution < -0.4 is 5.32 Å². The highest BCUT2D eigenvalue weighted by atomic mass is 16.3. The number of phenolic OH excluding ortho intramolecular Hbond substituents is 1. The first-order chi connectivity index (χ1) is 8.57. The highest BCUT2D eigenvalue weighted by Gasteiger charge is 2.31. The Hall–Kier alpha value is -1.06. The standard InChI is InChI=1S/C15H23NO2/c1-12-3-2-8-15(18,9-12)11-16-10-13-4-6-14(17)7-5-13/h4-7,12,16-18H,2-3,8-11H2,1H3. The predicted octanol–water partition coefficient (Wildman–Crippen LogP) is 2.42. The van der Waals surface area contributed by atoms with Gasteiger partial charge in [0.15, 0.2) is 0 Å². The van der Waals surface area contributed by atoms with Crippen LogP contribution in [0.2, 0.25) is 0 Å². The fraction of sp³-hybridized carbons (Fsp3) is 0.600. The smallest absolute Gasteiger partial charge is 0.115 e. The lowest BCUT2D eigenvalue weighted by Crippen LogP contribution is -2.43. The zero-order valence-corrected chi connectivity index (χ0v) is 11.0. The van der Waals surface area contributed by atoms with Crippen LogP contribution in [-0.4, -0.2) is 22.4 Å². The Morgan fingerprint density at radius 2 is 2.06 bits per heavy atom. The molecule has 1 aromatic carbocycles. The van der Waals surface area contributed by atoms with Crippen LogP contribution >= 0.6 is 0 Å². The largest absolute Gasteiger partial charge is 0.508 e. The van der Waals surface area contributed by atoms with E-state index in [0.29, 0.717) is 18.2 Å². The Bertz CT molecular complexity index is 377.